The summed E-state index contributed by atoms with van der Waals surface area (Å²) in [5.41, 5.74) is 6.10. The van der Waals surface area contributed by atoms with Crippen molar-refractivity contribution in [3.05, 3.63) is 53.1 Å². The van der Waals surface area contributed by atoms with Crippen LogP contribution in [0, 0.1) is 20.8 Å². The minimum Gasteiger partial charge on any atom is -0.378 e. The summed E-state index contributed by atoms with van der Waals surface area (Å²) in [5, 5.41) is 15.5. The molecule has 1 aromatic heterocycles. The van der Waals surface area contributed by atoms with E-state index in [1.54, 1.807) is 0 Å². The number of anilines is 2. The molecule has 0 spiro atoms. The minimum absolute atomic E-state index is 0.00557. The molecule has 1 amide bonds. The number of nitrogens with one attached hydrogen (secondary N) is 1. The quantitative estimate of drug-likeness (QED) is 0.701. The first-order valence-corrected chi connectivity index (χ1v) is 10.1. The number of carbonyl (C=O) groups excluding carboxylic acids is 1. The molecular formula is C22H26N6O2. The highest BCUT2D eigenvalue weighted by atomic mass is 16.5. The minimum atomic E-state index is -0.184. The van der Waals surface area contributed by atoms with Gasteiger partial charge >= 0.3 is 0 Å². The van der Waals surface area contributed by atoms with Gasteiger partial charge < -0.3 is 15.0 Å². The monoisotopic (exact) mass is 406 g/mol. The van der Waals surface area contributed by atoms with E-state index in [0.717, 1.165) is 54.4 Å². The highest BCUT2D eigenvalue weighted by Crippen LogP contribution is 2.23. The van der Waals surface area contributed by atoms with Gasteiger partial charge in [-0.2, -0.15) is 4.80 Å². The summed E-state index contributed by atoms with van der Waals surface area (Å²) in [6, 6.07) is 12.2. The Labute approximate surface area is 175 Å². The predicted molar refractivity (Wildman–Crippen MR) is 116 cm³/mol. The van der Waals surface area contributed by atoms with Crippen molar-refractivity contribution in [1.82, 2.24) is 20.2 Å². The van der Waals surface area contributed by atoms with Gasteiger partial charge in [0.1, 0.15) is 6.54 Å². The van der Waals surface area contributed by atoms with Gasteiger partial charge in [-0.1, -0.05) is 17.7 Å². The molecule has 0 atom stereocenters. The number of carbonyl (C=O) groups is 1. The summed E-state index contributed by atoms with van der Waals surface area (Å²) in [6.45, 7) is 9.31. The summed E-state index contributed by atoms with van der Waals surface area (Å²) in [6.07, 6.45) is 0. The lowest BCUT2D eigenvalue weighted by atomic mass is 10.1. The summed E-state index contributed by atoms with van der Waals surface area (Å²) in [7, 11) is 0. The lowest BCUT2D eigenvalue weighted by Gasteiger charge is -2.28. The summed E-state index contributed by atoms with van der Waals surface area (Å²) >= 11 is 0. The largest absolute Gasteiger partial charge is 0.378 e. The van der Waals surface area contributed by atoms with Gasteiger partial charge in [-0.3, -0.25) is 4.79 Å². The molecule has 1 saturated heterocycles. The van der Waals surface area contributed by atoms with Crippen LogP contribution in [0.3, 0.4) is 0 Å². The van der Waals surface area contributed by atoms with E-state index in [2.05, 4.69) is 49.9 Å². The van der Waals surface area contributed by atoms with Crippen molar-refractivity contribution in [2.75, 3.05) is 36.5 Å². The van der Waals surface area contributed by atoms with E-state index >= 15 is 0 Å². The number of nitrogens with zero attached hydrogens (tertiary/aromatic N) is 5. The molecule has 0 saturated carbocycles. The number of morpholine rings is 1. The van der Waals surface area contributed by atoms with Crippen LogP contribution in [0.25, 0.3) is 11.4 Å². The second-order valence-corrected chi connectivity index (χ2v) is 7.61. The average molecular weight is 406 g/mol. The number of rotatable bonds is 5. The van der Waals surface area contributed by atoms with Gasteiger partial charge in [-0.25, -0.2) is 0 Å². The summed E-state index contributed by atoms with van der Waals surface area (Å²) in [4.78, 5) is 16.1. The van der Waals surface area contributed by atoms with Gasteiger partial charge in [-0.05, 0) is 61.4 Å². The standard InChI is InChI=1S/C22H26N6O2/c1-15-12-16(2)21(17(3)13-15)23-20(29)14-28-25-22(24-26-28)18-4-6-19(7-5-18)27-8-10-30-11-9-27/h4-7,12-13H,8-11,14H2,1-3H3,(H,23,29). The van der Waals surface area contributed by atoms with E-state index in [1.807, 2.05) is 32.9 Å². The normalized spacial score (nSPS) is 14.0. The van der Waals surface area contributed by atoms with E-state index in [4.69, 9.17) is 4.74 Å². The first-order chi connectivity index (χ1) is 14.5. The maximum absolute atomic E-state index is 12.5. The molecule has 1 aliphatic heterocycles. The van der Waals surface area contributed by atoms with E-state index in [1.165, 1.54) is 10.4 Å². The molecular weight excluding hydrogens is 380 g/mol. The molecule has 156 valence electrons. The zero-order valence-electron chi connectivity index (χ0n) is 17.6. The van der Waals surface area contributed by atoms with Crippen LogP contribution in [0.15, 0.2) is 36.4 Å². The molecule has 3 aromatic rings. The van der Waals surface area contributed by atoms with Crippen LogP contribution < -0.4 is 10.2 Å². The van der Waals surface area contributed by atoms with E-state index in [0.29, 0.717) is 5.82 Å². The molecule has 1 N–H and O–H groups in total. The topological polar surface area (TPSA) is 85.2 Å². The molecule has 30 heavy (non-hydrogen) atoms. The first kappa shape index (κ1) is 20.0. The van der Waals surface area contributed by atoms with Crippen LogP contribution in [0.4, 0.5) is 11.4 Å². The van der Waals surface area contributed by atoms with Crippen molar-refractivity contribution in [1.29, 1.82) is 0 Å². The number of hydrogen-bond donors (Lipinski definition) is 1. The van der Waals surface area contributed by atoms with Crippen molar-refractivity contribution in [2.24, 2.45) is 0 Å². The molecule has 4 rings (SSSR count). The molecule has 8 nitrogen and oxygen atoms in total. The fourth-order valence-electron chi connectivity index (χ4n) is 3.75. The fraction of sp³-hybridized carbons (Fsp3) is 0.364. The van der Waals surface area contributed by atoms with Crippen molar-refractivity contribution < 1.29 is 9.53 Å². The Morgan fingerprint density at radius 3 is 2.40 bits per heavy atom. The number of tetrazole rings is 1. The Morgan fingerprint density at radius 1 is 1.07 bits per heavy atom. The van der Waals surface area contributed by atoms with Crippen LogP contribution >= 0.6 is 0 Å². The maximum Gasteiger partial charge on any atom is 0.248 e. The molecule has 0 unspecified atom stereocenters. The van der Waals surface area contributed by atoms with Crippen LogP contribution in [-0.4, -0.2) is 52.4 Å². The Balaban J connectivity index is 1.41. The number of hydrogen-bond acceptors (Lipinski definition) is 6. The first-order valence-electron chi connectivity index (χ1n) is 10.1. The van der Waals surface area contributed by atoms with Crippen LogP contribution in [0.2, 0.25) is 0 Å². The molecule has 1 fully saturated rings. The Morgan fingerprint density at radius 2 is 1.73 bits per heavy atom. The number of amides is 1. The molecule has 2 aromatic carbocycles. The van der Waals surface area contributed by atoms with Crippen molar-refractivity contribution >= 4 is 17.3 Å². The lowest BCUT2D eigenvalue weighted by molar-refractivity contribution is -0.117. The smallest absolute Gasteiger partial charge is 0.248 e. The Bertz CT molecular complexity index is 1020. The number of benzene rings is 2. The molecule has 2 heterocycles. The van der Waals surface area contributed by atoms with Crippen LogP contribution in [0.1, 0.15) is 16.7 Å². The van der Waals surface area contributed by atoms with Crippen molar-refractivity contribution in [3.63, 3.8) is 0 Å². The lowest BCUT2D eigenvalue weighted by Crippen LogP contribution is -2.36. The van der Waals surface area contributed by atoms with Crippen molar-refractivity contribution in [3.8, 4) is 11.4 Å². The second kappa shape index (κ2) is 8.62. The van der Waals surface area contributed by atoms with E-state index in [-0.39, 0.29) is 12.5 Å². The zero-order chi connectivity index (χ0) is 21.1. The van der Waals surface area contributed by atoms with E-state index in [9.17, 15) is 4.79 Å². The van der Waals surface area contributed by atoms with Gasteiger partial charge in [0.2, 0.25) is 11.7 Å². The predicted octanol–water partition coefficient (Wildman–Crippen LogP) is 2.74. The average Bonchev–Trinajstić information content (AvgIpc) is 3.20. The highest BCUT2D eigenvalue weighted by molar-refractivity contribution is 5.92. The van der Waals surface area contributed by atoms with Crippen LogP contribution in [0.5, 0.6) is 0 Å². The third-order valence-corrected chi connectivity index (χ3v) is 5.18. The zero-order valence-corrected chi connectivity index (χ0v) is 17.6. The summed E-state index contributed by atoms with van der Waals surface area (Å²) < 4.78 is 5.40. The molecule has 8 heteroatoms. The van der Waals surface area contributed by atoms with Gasteiger partial charge in [0, 0.05) is 30.0 Å². The second-order valence-electron chi connectivity index (χ2n) is 7.61. The highest BCUT2D eigenvalue weighted by Gasteiger charge is 2.14. The third kappa shape index (κ3) is 4.49. The van der Waals surface area contributed by atoms with Gasteiger partial charge in [0.25, 0.3) is 0 Å². The Hall–Kier alpha value is -3.26. The SMILES string of the molecule is Cc1cc(C)c(NC(=O)Cn2nnc(-c3ccc(N4CCOCC4)cc3)n2)c(C)c1. The van der Waals surface area contributed by atoms with Crippen molar-refractivity contribution in [2.45, 2.75) is 27.3 Å². The van der Waals surface area contributed by atoms with Gasteiger partial charge in [0.05, 0.1) is 13.2 Å². The third-order valence-electron chi connectivity index (χ3n) is 5.18. The van der Waals surface area contributed by atoms with Gasteiger partial charge in [0.15, 0.2) is 0 Å². The Kier molecular flexibility index (Phi) is 5.76. The molecule has 1 aliphatic rings. The number of aryl methyl sites for hydroxylation is 3. The fourth-order valence-corrected chi connectivity index (χ4v) is 3.75. The van der Waals surface area contributed by atoms with Crippen LogP contribution in [-0.2, 0) is 16.1 Å². The van der Waals surface area contributed by atoms with Gasteiger partial charge in [-0.15, -0.1) is 10.2 Å². The molecule has 0 radical (unpaired) electrons. The number of ether oxygens (including phenoxy) is 1. The number of aromatic nitrogens is 4. The summed E-state index contributed by atoms with van der Waals surface area (Å²) in [5.74, 6) is 0.315. The molecule has 0 bridgehead atoms. The molecule has 0 aliphatic carbocycles. The van der Waals surface area contributed by atoms with E-state index < -0.39 is 0 Å². The maximum atomic E-state index is 12.5.